The fraction of sp³-hybridized carbons (Fsp3) is 0.364. The topological polar surface area (TPSA) is 49.3 Å². The van der Waals surface area contributed by atoms with Crippen LogP contribution in [-0.4, -0.2) is 24.0 Å². The van der Waals surface area contributed by atoms with Crippen LogP contribution in [0.5, 0.6) is 5.75 Å². The largest absolute Gasteiger partial charge is 0.508 e. The molecule has 0 aliphatic carbocycles. The van der Waals surface area contributed by atoms with Crippen molar-refractivity contribution in [2.75, 3.05) is 13.1 Å². The summed E-state index contributed by atoms with van der Waals surface area (Å²) in [5.41, 5.74) is 0.986. The molecule has 2 N–H and O–H groups in total. The summed E-state index contributed by atoms with van der Waals surface area (Å²) >= 11 is 0. The summed E-state index contributed by atoms with van der Waals surface area (Å²) in [6.45, 7) is 1.50. The molecular formula is C11H13NO2. The lowest BCUT2D eigenvalue weighted by molar-refractivity contribution is -0.121. The number of benzene rings is 1. The van der Waals surface area contributed by atoms with Crippen molar-refractivity contribution in [3.63, 3.8) is 0 Å². The smallest absolute Gasteiger partial charge is 0.142 e. The summed E-state index contributed by atoms with van der Waals surface area (Å²) in [5.74, 6) is 0.490. The number of phenols is 1. The molecule has 1 aliphatic rings. The number of aromatic hydroxyl groups is 1. The van der Waals surface area contributed by atoms with Crippen molar-refractivity contribution in [3.05, 3.63) is 29.8 Å². The predicted molar refractivity (Wildman–Crippen MR) is 53.3 cm³/mol. The van der Waals surface area contributed by atoms with Crippen LogP contribution in [0.2, 0.25) is 0 Å². The van der Waals surface area contributed by atoms with Crippen molar-refractivity contribution in [2.24, 2.45) is 0 Å². The number of piperidine rings is 1. The van der Waals surface area contributed by atoms with Crippen LogP contribution in [0.3, 0.4) is 0 Å². The molecule has 0 saturated carbocycles. The Morgan fingerprint density at radius 3 is 2.64 bits per heavy atom. The first kappa shape index (κ1) is 9.21. The standard InChI is InChI=1S/C11H13NO2/c13-9-3-1-8(2-4-9)10-7-12-6-5-11(10)14/h1-4,10,12-13H,5-7H2. The van der Waals surface area contributed by atoms with E-state index in [1.54, 1.807) is 12.1 Å². The normalized spacial score (nSPS) is 22.3. The maximum absolute atomic E-state index is 11.6. The molecule has 74 valence electrons. The summed E-state index contributed by atoms with van der Waals surface area (Å²) in [6, 6.07) is 6.87. The van der Waals surface area contributed by atoms with Gasteiger partial charge in [-0.1, -0.05) is 12.1 Å². The summed E-state index contributed by atoms with van der Waals surface area (Å²) in [7, 11) is 0. The predicted octanol–water partition coefficient (Wildman–Crippen LogP) is 1.04. The van der Waals surface area contributed by atoms with Crippen molar-refractivity contribution >= 4 is 5.78 Å². The summed E-state index contributed by atoms with van der Waals surface area (Å²) < 4.78 is 0. The highest BCUT2D eigenvalue weighted by Gasteiger charge is 2.23. The molecular weight excluding hydrogens is 178 g/mol. The van der Waals surface area contributed by atoms with E-state index in [-0.39, 0.29) is 17.5 Å². The van der Waals surface area contributed by atoms with Gasteiger partial charge in [0.2, 0.25) is 0 Å². The number of hydrogen-bond donors (Lipinski definition) is 2. The lowest BCUT2D eigenvalue weighted by Gasteiger charge is -2.21. The number of hydrogen-bond acceptors (Lipinski definition) is 3. The highest BCUT2D eigenvalue weighted by Crippen LogP contribution is 2.22. The molecule has 1 saturated heterocycles. The third kappa shape index (κ3) is 1.77. The Labute approximate surface area is 82.8 Å². The molecule has 0 amide bonds. The van der Waals surface area contributed by atoms with Crippen LogP contribution >= 0.6 is 0 Å². The van der Waals surface area contributed by atoms with Gasteiger partial charge in [0.25, 0.3) is 0 Å². The van der Waals surface area contributed by atoms with Crippen LogP contribution in [0.25, 0.3) is 0 Å². The molecule has 1 aromatic rings. The second kappa shape index (κ2) is 3.80. The number of Topliss-reactive ketones (excluding diaryl/α,β-unsaturated/α-hetero) is 1. The van der Waals surface area contributed by atoms with Gasteiger partial charge in [-0.2, -0.15) is 0 Å². The number of nitrogens with one attached hydrogen (secondary N) is 1. The molecule has 0 radical (unpaired) electrons. The monoisotopic (exact) mass is 191 g/mol. The molecule has 1 heterocycles. The minimum atomic E-state index is -0.0376. The molecule has 2 rings (SSSR count). The second-order valence-corrected chi connectivity index (χ2v) is 3.56. The molecule has 3 heteroatoms. The molecule has 1 aliphatic heterocycles. The number of phenolic OH excluding ortho intramolecular Hbond substituents is 1. The fourth-order valence-electron chi connectivity index (χ4n) is 1.76. The Hall–Kier alpha value is -1.35. The van der Waals surface area contributed by atoms with Crippen LogP contribution in [0.15, 0.2) is 24.3 Å². The Balaban J connectivity index is 2.20. The Morgan fingerprint density at radius 2 is 2.00 bits per heavy atom. The Morgan fingerprint density at radius 1 is 1.29 bits per heavy atom. The summed E-state index contributed by atoms with van der Waals surface area (Å²) in [6.07, 6.45) is 0.603. The van der Waals surface area contributed by atoms with Crippen LogP contribution in [0, 0.1) is 0 Å². The summed E-state index contributed by atoms with van der Waals surface area (Å²) in [5, 5.41) is 12.3. The van der Waals surface area contributed by atoms with Crippen LogP contribution in [-0.2, 0) is 4.79 Å². The van der Waals surface area contributed by atoms with Crippen LogP contribution < -0.4 is 5.32 Å². The summed E-state index contributed by atoms with van der Waals surface area (Å²) in [4.78, 5) is 11.6. The van der Waals surface area contributed by atoms with Crippen LogP contribution in [0.4, 0.5) is 0 Å². The zero-order chi connectivity index (χ0) is 9.97. The number of rotatable bonds is 1. The first-order chi connectivity index (χ1) is 6.77. The second-order valence-electron chi connectivity index (χ2n) is 3.56. The fourth-order valence-corrected chi connectivity index (χ4v) is 1.76. The van der Waals surface area contributed by atoms with E-state index in [4.69, 9.17) is 5.11 Å². The molecule has 0 spiro atoms. The molecule has 3 nitrogen and oxygen atoms in total. The maximum Gasteiger partial charge on any atom is 0.142 e. The minimum Gasteiger partial charge on any atom is -0.508 e. The maximum atomic E-state index is 11.6. The van der Waals surface area contributed by atoms with Gasteiger partial charge in [0.05, 0.1) is 5.92 Å². The van der Waals surface area contributed by atoms with Crippen molar-refractivity contribution in [2.45, 2.75) is 12.3 Å². The van der Waals surface area contributed by atoms with Gasteiger partial charge >= 0.3 is 0 Å². The SMILES string of the molecule is O=C1CCNCC1c1ccc(O)cc1. The molecule has 1 atom stereocenters. The highest BCUT2D eigenvalue weighted by molar-refractivity contribution is 5.86. The van der Waals surface area contributed by atoms with Gasteiger partial charge in [-0.15, -0.1) is 0 Å². The first-order valence-corrected chi connectivity index (χ1v) is 4.80. The van der Waals surface area contributed by atoms with Gasteiger partial charge in [-0.25, -0.2) is 0 Å². The van der Waals surface area contributed by atoms with Crippen molar-refractivity contribution < 1.29 is 9.90 Å². The average molecular weight is 191 g/mol. The molecule has 14 heavy (non-hydrogen) atoms. The van der Waals surface area contributed by atoms with Gasteiger partial charge in [0, 0.05) is 19.5 Å². The number of ketones is 1. The van der Waals surface area contributed by atoms with E-state index in [2.05, 4.69) is 5.32 Å². The quantitative estimate of drug-likeness (QED) is 0.697. The molecule has 0 aromatic heterocycles. The van der Waals surface area contributed by atoms with Gasteiger partial charge in [-0.05, 0) is 17.7 Å². The lowest BCUT2D eigenvalue weighted by Crippen LogP contribution is -2.35. The molecule has 1 fully saturated rings. The van der Waals surface area contributed by atoms with Crippen molar-refractivity contribution in [1.29, 1.82) is 0 Å². The zero-order valence-corrected chi connectivity index (χ0v) is 7.86. The lowest BCUT2D eigenvalue weighted by atomic mass is 9.90. The van der Waals surface area contributed by atoms with E-state index in [0.29, 0.717) is 13.0 Å². The van der Waals surface area contributed by atoms with E-state index >= 15 is 0 Å². The highest BCUT2D eigenvalue weighted by atomic mass is 16.3. The van der Waals surface area contributed by atoms with Gasteiger partial charge < -0.3 is 10.4 Å². The van der Waals surface area contributed by atoms with E-state index in [1.807, 2.05) is 12.1 Å². The Bertz CT molecular complexity index is 332. The van der Waals surface area contributed by atoms with E-state index in [1.165, 1.54) is 0 Å². The Kier molecular flexibility index (Phi) is 2.50. The molecule has 1 aromatic carbocycles. The number of carbonyl (C=O) groups excluding carboxylic acids is 1. The zero-order valence-electron chi connectivity index (χ0n) is 7.86. The van der Waals surface area contributed by atoms with Gasteiger partial charge in [-0.3, -0.25) is 4.79 Å². The average Bonchev–Trinajstić information content (AvgIpc) is 2.20. The van der Waals surface area contributed by atoms with Gasteiger partial charge in [0.1, 0.15) is 11.5 Å². The van der Waals surface area contributed by atoms with E-state index in [0.717, 1.165) is 12.1 Å². The molecule has 1 unspecified atom stereocenters. The van der Waals surface area contributed by atoms with E-state index in [9.17, 15) is 4.79 Å². The third-order valence-corrected chi connectivity index (χ3v) is 2.58. The van der Waals surface area contributed by atoms with Crippen molar-refractivity contribution in [3.8, 4) is 5.75 Å². The third-order valence-electron chi connectivity index (χ3n) is 2.58. The first-order valence-electron chi connectivity index (χ1n) is 4.80. The molecule has 0 bridgehead atoms. The van der Waals surface area contributed by atoms with Gasteiger partial charge in [0.15, 0.2) is 0 Å². The minimum absolute atomic E-state index is 0.0376. The van der Waals surface area contributed by atoms with Crippen LogP contribution in [0.1, 0.15) is 17.9 Å². The van der Waals surface area contributed by atoms with Crippen molar-refractivity contribution in [1.82, 2.24) is 5.32 Å². The van der Waals surface area contributed by atoms with E-state index < -0.39 is 0 Å². The number of carbonyl (C=O) groups is 1.